The van der Waals surface area contributed by atoms with E-state index in [1.54, 1.807) is 0 Å². The maximum Gasteiger partial charge on any atom is 0.273 e. The van der Waals surface area contributed by atoms with Crippen LogP contribution in [-0.4, -0.2) is 59.3 Å². The van der Waals surface area contributed by atoms with Crippen molar-refractivity contribution in [1.82, 2.24) is 14.8 Å². The van der Waals surface area contributed by atoms with Gasteiger partial charge in [0.2, 0.25) is 5.91 Å². The fourth-order valence-corrected chi connectivity index (χ4v) is 4.72. The Morgan fingerprint density at radius 2 is 1.81 bits per heavy atom. The van der Waals surface area contributed by atoms with Crippen LogP contribution in [-0.2, 0) is 11.2 Å². The summed E-state index contributed by atoms with van der Waals surface area (Å²) in [5.41, 5.74) is 6.05. The van der Waals surface area contributed by atoms with E-state index in [9.17, 15) is 9.59 Å². The number of carbonyl (C=O) groups is 2. The number of thiazole rings is 1. The quantitative estimate of drug-likeness (QED) is 0.824. The Balaban J connectivity index is 1.42. The van der Waals surface area contributed by atoms with Gasteiger partial charge in [0.25, 0.3) is 5.91 Å². The van der Waals surface area contributed by atoms with E-state index < -0.39 is 0 Å². The minimum Gasteiger partial charge on any atom is -0.339 e. The predicted molar refractivity (Wildman–Crippen MR) is 103 cm³/mol. The number of aromatic nitrogens is 1. The number of rotatable bonds is 6. The summed E-state index contributed by atoms with van der Waals surface area (Å²) in [5.74, 6) is 0.961. The van der Waals surface area contributed by atoms with Crippen molar-refractivity contribution < 1.29 is 9.59 Å². The molecule has 1 saturated heterocycles. The van der Waals surface area contributed by atoms with Crippen LogP contribution >= 0.6 is 11.3 Å². The molecule has 0 spiro atoms. The second-order valence-electron chi connectivity index (χ2n) is 7.38. The molecule has 2 N–H and O–H groups in total. The Kier molecular flexibility index (Phi) is 7.02. The maximum atomic E-state index is 12.6. The molecule has 1 aromatic heterocycles. The van der Waals surface area contributed by atoms with Crippen LogP contribution in [0.1, 0.15) is 60.4 Å². The molecule has 144 valence electrons. The third-order valence-corrected chi connectivity index (χ3v) is 6.45. The van der Waals surface area contributed by atoms with Crippen molar-refractivity contribution in [3.05, 3.63) is 16.1 Å². The summed E-state index contributed by atoms with van der Waals surface area (Å²) in [7, 11) is 0. The number of hydrogen-bond donors (Lipinski definition) is 1. The molecule has 0 bridgehead atoms. The van der Waals surface area contributed by atoms with Crippen molar-refractivity contribution >= 4 is 23.2 Å². The lowest BCUT2D eigenvalue weighted by molar-refractivity contribution is -0.133. The van der Waals surface area contributed by atoms with Gasteiger partial charge in [-0.2, -0.15) is 0 Å². The zero-order chi connectivity index (χ0) is 18.4. The van der Waals surface area contributed by atoms with Crippen LogP contribution in [0.5, 0.6) is 0 Å². The van der Waals surface area contributed by atoms with Crippen LogP contribution in [0.2, 0.25) is 0 Å². The molecule has 1 aromatic rings. The monoisotopic (exact) mass is 378 g/mol. The molecule has 2 aliphatic rings. The summed E-state index contributed by atoms with van der Waals surface area (Å²) in [6, 6.07) is 0. The van der Waals surface area contributed by atoms with Crippen molar-refractivity contribution in [2.24, 2.45) is 11.7 Å². The lowest BCUT2D eigenvalue weighted by atomic mass is 9.86. The highest BCUT2D eigenvalue weighted by molar-refractivity contribution is 7.09. The molecule has 7 heteroatoms. The highest BCUT2D eigenvalue weighted by Crippen LogP contribution is 2.27. The van der Waals surface area contributed by atoms with Crippen LogP contribution in [0, 0.1) is 5.92 Å². The van der Waals surface area contributed by atoms with Crippen molar-refractivity contribution in [3.63, 3.8) is 0 Å². The molecule has 26 heavy (non-hydrogen) atoms. The van der Waals surface area contributed by atoms with Gasteiger partial charge in [-0.3, -0.25) is 9.59 Å². The van der Waals surface area contributed by atoms with E-state index >= 15 is 0 Å². The second-order valence-corrected chi connectivity index (χ2v) is 8.32. The Bertz CT molecular complexity index is 604. The summed E-state index contributed by atoms with van der Waals surface area (Å²) in [4.78, 5) is 33.1. The molecule has 2 heterocycles. The van der Waals surface area contributed by atoms with Gasteiger partial charge in [-0.05, 0) is 18.9 Å². The van der Waals surface area contributed by atoms with Gasteiger partial charge in [0.1, 0.15) is 5.69 Å². The normalized spacial score (nSPS) is 19.0. The molecule has 2 amide bonds. The number of nitrogens with zero attached hydrogens (tertiary/aromatic N) is 3. The van der Waals surface area contributed by atoms with Crippen LogP contribution in [0.15, 0.2) is 5.38 Å². The van der Waals surface area contributed by atoms with Crippen molar-refractivity contribution in [2.75, 3.05) is 32.7 Å². The van der Waals surface area contributed by atoms with Gasteiger partial charge in [0.15, 0.2) is 0 Å². The molecule has 1 saturated carbocycles. The number of hydrogen-bond acceptors (Lipinski definition) is 5. The standard InChI is InChI=1S/C19H30N4O2S/c20-9-8-17-21-16(14-26-17)19(25)23-12-10-22(11-13-23)18(24)7-6-15-4-2-1-3-5-15/h14-15H,1-13,20H2. The first-order chi connectivity index (χ1) is 12.7. The van der Waals surface area contributed by atoms with Gasteiger partial charge < -0.3 is 15.5 Å². The Labute approximate surface area is 159 Å². The van der Waals surface area contributed by atoms with E-state index in [4.69, 9.17) is 5.73 Å². The predicted octanol–water partition coefficient (Wildman–Crippen LogP) is 2.29. The highest BCUT2D eigenvalue weighted by Gasteiger charge is 2.26. The molecule has 1 aliphatic carbocycles. The van der Waals surface area contributed by atoms with Gasteiger partial charge >= 0.3 is 0 Å². The molecule has 0 unspecified atom stereocenters. The first-order valence-corrected chi connectivity index (χ1v) is 10.8. The van der Waals surface area contributed by atoms with Crippen molar-refractivity contribution in [1.29, 1.82) is 0 Å². The van der Waals surface area contributed by atoms with Crippen molar-refractivity contribution in [3.8, 4) is 0 Å². The van der Waals surface area contributed by atoms with Crippen LogP contribution in [0.25, 0.3) is 0 Å². The largest absolute Gasteiger partial charge is 0.339 e. The van der Waals surface area contributed by atoms with E-state index in [-0.39, 0.29) is 11.8 Å². The lowest BCUT2D eigenvalue weighted by Gasteiger charge is -2.35. The summed E-state index contributed by atoms with van der Waals surface area (Å²) < 4.78 is 0. The Morgan fingerprint density at radius 3 is 2.50 bits per heavy atom. The molecular formula is C19H30N4O2S. The van der Waals surface area contributed by atoms with E-state index in [2.05, 4.69) is 4.98 Å². The SMILES string of the molecule is NCCc1nc(C(=O)N2CCN(C(=O)CCC3CCCCC3)CC2)cs1. The number of piperazine rings is 1. The fraction of sp³-hybridized carbons (Fsp3) is 0.737. The molecule has 0 radical (unpaired) electrons. The third kappa shape index (κ3) is 5.04. The first-order valence-electron chi connectivity index (χ1n) is 9.89. The van der Waals surface area contributed by atoms with E-state index in [1.807, 2.05) is 15.2 Å². The minimum atomic E-state index is -0.0289. The molecule has 2 fully saturated rings. The maximum absolute atomic E-state index is 12.6. The van der Waals surface area contributed by atoms with Gasteiger partial charge in [-0.1, -0.05) is 32.1 Å². The average molecular weight is 379 g/mol. The summed E-state index contributed by atoms with van der Waals surface area (Å²) in [6.45, 7) is 3.00. The van der Waals surface area contributed by atoms with Gasteiger partial charge in [-0.15, -0.1) is 11.3 Å². The number of amides is 2. The van der Waals surface area contributed by atoms with Gasteiger partial charge in [0.05, 0.1) is 5.01 Å². The van der Waals surface area contributed by atoms with E-state index in [0.717, 1.165) is 17.3 Å². The lowest BCUT2D eigenvalue weighted by Crippen LogP contribution is -2.50. The number of carbonyl (C=O) groups excluding carboxylic acids is 2. The molecular weight excluding hydrogens is 348 g/mol. The zero-order valence-electron chi connectivity index (χ0n) is 15.5. The second kappa shape index (κ2) is 9.46. The van der Waals surface area contributed by atoms with Crippen LogP contribution in [0.3, 0.4) is 0 Å². The Hall–Kier alpha value is -1.47. The van der Waals surface area contributed by atoms with E-state index in [1.165, 1.54) is 43.4 Å². The molecule has 0 aromatic carbocycles. The summed E-state index contributed by atoms with van der Waals surface area (Å²) >= 11 is 1.49. The zero-order valence-corrected chi connectivity index (χ0v) is 16.3. The molecule has 6 nitrogen and oxygen atoms in total. The van der Waals surface area contributed by atoms with Gasteiger partial charge in [-0.25, -0.2) is 4.98 Å². The van der Waals surface area contributed by atoms with Crippen LogP contribution < -0.4 is 5.73 Å². The molecule has 1 aliphatic heterocycles. The fourth-order valence-electron chi connectivity index (χ4n) is 3.93. The summed E-state index contributed by atoms with van der Waals surface area (Å²) in [5, 5.41) is 2.72. The summed E-state index contributed by atoms with van der Waals surface area (Å²) in [6.07, 6.45) is 8.97. The van der Waals surface area contributed by atoms with Crippen LogP contribution in [0.4, 0.5) is 0 Å². The third-order valence-electron chi connectivity index (χ3n) is 5.54. The topological polar surface area (TPSA) is 79.5 Å². The average Bonchev–Trinajstić information content (AvgIpc) is 3.15. The number of nitrogens with two attached hydrogens (primary N) is 1. The molecule has 0 atom stereocenters. The first kappa shape index (κ1) is 19.3. The minimum absolute atomic E-state index is 0.0289. The smallest absolute Gasteiger partial charge is 0.273 e. The van der Waals surface area contributed by atoms with Gasteiger partial charge in [0, 0.05) is 44.4 Å². The Morgan fingerprint density at radius 1 is 1.12 bits per heavy atom. The van der Waals surface area contributed by atoms with Crippen molar-refractivity contribution in [2.45, 2.75) is 51.4 Å². The van der Waals surface area contributed by atoms with E-state index in [0.29, 0.717) is 51.3 Å². The highest BCUT2D eigenvalue weighted by atomic mass is 32.1. The molecule has 3 rings (SSSR count).